The first-order valence-electron chi connectivity index (χ1n) is 5.48. The van der Waals surface area contributed by atoms with Crippen molar-refractivity contribution in [3.63, 3.8) is 0 Å². The van der Waals surface area contributed by atoms with Gasteiger partial charge in [-0.1, -0.05) is 11.3 Å². The molecule has 0 atom stereocenters. The van der Waals surface area contributed by atoms with E-state index in [1.807, 2.05) is 5.32 Å². The molecule has 1 heterocycles. The molecule has 0 saturated heterocycles. The van der Waals surface area contributed by atoms with Crippen molar-refractivity contribution < 1.29 is 27.1 Å². The molecule has 2 aromatic rings. The maximum absolute atomic E-state index is 13.9. The Morgan fingerprint density at radius 1 is 1.29 bits per heavy atom. The Balaban J connectivity index is 2.23. The van der Waals surface area contributed by atoms with E-state index in [4.69, 9.17) is 4.74 Å². The Kier molecular flexibility index (Phi) is 4.12. The lowest BCUT2D eigenvalue weighted by Gasteiger charge is -2.15. The number of nitrogens with zero attached hydrogens (tertiary/aromatic N) is 1. The van der Waals surface area contributed by atoms with E-state index in [1.165, 1.54) is 13.3 Å². The predicted molar refractivity (Wildman–Crippen MR) is 67.5 cm³/mol. The van der Waals surface area contributed by atoms with Gasteiger partial charge in [-0.3, -0.25) is 10.1 Å². The molecular weight excluding hydrogens is 312 g/mol. The van der Waals surface area contributed by atoms with Gasteiger partial charge in [0.15, 0.2) is 10.2 Å². The molecule has 0 aliphatic heterocycles. The smallest absolute Gasteiger partial charge is 0.350 e. The number of anilines is 1. The first-order chi connectivity index (χ1) is 9.82. The van der Waals surface area contributed by atoms with Gasteiger partial charge >= 0.3 is 11.8 Å². The molecule has 1 aromatic carbocycles. The third-order valence-electron chi connectivity index (χ3n) is 2.42. The number of alkyl halides is 2. The highest BCUT2D eigenvalue weighted by molar-refractivity contribution is 7.17. The Labute approximate surface area is 120 Å². The normalized spacial score (nSPS) is 11.3. The first-order valence-corrected chi connectivity index (χ1v) is 6.30. The molecule has 1 N–H and O–H groups in total. The second-order valence-corrected chi connectivity index (χ2v) is 4.87. The minimum Gasteiger partial charge on any atom is -0.486 e. The number of carbonyl (C=O) groups excluding carboxylic acids is 1. The molecule has 0 unspecified atom stereocenters. The molecule has 1 aromatic heterocycles. The molecule has 0 bridgehead atoms. The van der Waals surface area contributed by atoms with Crippen LogP contribution in [0.15, 0.2) is 24.4 Å². The summed E-state index contributed by atoms with van der Waals surface area (Å²) in [5.74, 6) is -8.26. The molecule has 0 fully saturated rings. The van der Waals surface area contributed by atoms with Crippen LogP contribution < -0.4 is 10.1 Å². The quantitative estimate of drug-likeness (QED) is 0.881. The van der Waals surface area contributed by atoms with Crippen LogP contribution in [0.4, 0.5) is 22.7 Å². The zero-order valence-electron chi connectivity index (χ0n) is 10.5. The number of thiazole rings is 1. The fourth-order valence-electron chi connectivity index (χ4n) is 1.45. The van der Waals surface area contributed by atoms with E-state index in [-0.39, 0.29) is 5.13 Å². The number of ether oxygens (including phenoxy) is 1. The number of nitrogens with one attached hydrogen (secondary N) is 1. The highest BCUT2D eigenvalue weighted by Crippen LogP contribution is 2.32. The summed E-state index contributed by atoms with van der Waals surface area (Å²) in [7, 11) is 1.35. The monoisotopic (exact) mass is 320 g/mol. The van der Waals surface area contributed by atoms with E-state index in [9.17, 15) is 22.4 Å². The summed E-state index contributed by atoms with van der Waals surface area (Å²) in [6, 6.07) is 1.22. The first kappa shape index (κ1) is 15.2. The van der Waals surface area contributed by atoms with Gasteiger partial charge in [0.25, 0.3) is 0 Å². The van der Waals surface area contributed by atoms with Crippen LogP contribution in [-0.4, -0.2) is 18.0 Å². The number of aromatic nitrogens is 1. The van der Waals surface area contributed by atoms with Gasteiger partial charge in [0.2, 0.25) is 0 Å². The largest absolute Gasteiger partial charge is 0.486 e. The van der Waals surface area contributed by atoms with Crippen molar-refractivity contribution in [1.29, 1.82) is 0 Å². The van der Waals surface area contributed by atoms with Crippen LogP contribution in [0.5, 0.6) is 5.06 Å². The van der Waals surface area contributed by atoms with Crippen LogP contribution in [-0.2, 0) is 10.7 Å². The van der Waals surface area contributed by atoms with Gasteiger partial charge < -0.3 is 4.74 Å². The second-order valence-electron chi connectivity index (χ2n) is 3.88. The summed E-state index contributed by atoms with van der Waals surface area (Å²) >= 11 is 0.832. The second kappa shape index (κ2) is 5.68. The lowest BCUT2D eigenvalue weighted by molar-refractivity contribution is -0.141. The summed E-state index contributed by atoms with van der Waals surface area (Å²) in [4.78, 5) is 15.2. The average molecular weight is 320 g/mol. The number of rotatable bonds is 4. The van der Waals surface area contributed by atoms with Gasteiger partial charge in [-0.2, -0.15) is 8.78 Å². The minimum atomic E-state index is -4.11. The highest BCUT2D eigenvalue weighted by atomic mass is 32.1. The van der Waals surface area contributed by atoms with Gasteiger partial charge in [0.1, 0.15) is 11.6 Å². The number of benzene rings is 1. The van der Waals surface area contributed by atoms with Crippen LogP contribution in [0.25, 0.3) is 0 Å². The van der Waals surface area contributed by atoms with Gasteiger partial charge in [0, 0.05) is 11.6 Å². The summed E-state index contributed by atoms with van der Waals surface area (Å²) < 4.78 is 58.5. The molecule has 2 rings (SSSR count). The van der Waals surface area contributed by atoms with Crippen molar-refractivity contribution in [3.8, 4) is 5.06 Å². The maximum atomic E-state index is 13.9. The Morgan fingerprint density at radius 3 is 2.43 bits per heavy atom. The molecule has 1 amide bonds. The van der Waals surface area contributed by atoms with Crippen molar-refractivity contribution in [1.82, 2.24) is 4.98 Å². The molecule has 0 aliphatic carbocycles. The fourth-order valence-corrected chi connectivity index (χ4v) is 2.08. The zero-order chi connectivity index (χ0) is 15.6. The molecule has 4 nitrogen and oxygen atoms in total. The molecular formula is C12H8F4N2O2S. The number of carbonyl (C=O) groups is 1. The van der Waals surface area contributed by atoms with E-state index < -0.39 is 29.0 Å². The number of hydrogen-bond acceptors (Lipinski definition) is 4. The fraction of sp³-hybridized carbons (Fsp3) is 0.167. The van der Waals surface area contributed by atoms with Crippen molar-refractivity contribution in [2.45, 2.75) is 5.92 Å². The number of hydrogen-bond donors (Lipinski definition) is 1. The van der Waals surface area contributed by atoms with Crippen molar-refractivity contribution >= 4 is 22.4 Å². The Hall–Kier alpha value is -2.16. The van der Waals surface area contributed by atoms with Crippen molar-refractivity contribution in [2.24, 2.45) is 0 Å². The zero-order valence-corrected chi connectivity index (χ0v) is 11.3. The topological polar surface area (TPSA) is 51.2 Å². The molecule has 9 heteroatoms. The standard InChI is InChI=1S/C12H8F4N2O2S/c1-20-9-5-17-11(21-9)18-10(19)12(15,16)6-2-7(13)4-8(14)3-6/h2-5H,1H3,(H,17,18,19). The van der Waals surface area contributed by atoms with Crippen molar-refractivity contribution in [3.05, 3.63) is 41.6 Å². The summed E-state index contributed by atoms with van der Waals surface area (Å²) in [6.07, 6.45) is 1.24. The predicted octanol–water partition coefficient (Wildman–Crippen LogP) is 3.16. The summed E-state index contributed by atoms with van der Waals surface area (Å²) in [6.45, 7) is 0. The van der Waals surface area contributed by atoms with Crippen LogP contribution in [0.3, 0.4) is 0 Å². The van der Waals surface area contributed by atoms with E-state index in [1.54, 1.807) is 0 Å². The minimum absolute atomic E-state index is 0.117. The van der Waals surface area contributed by atoms with Crippen LogP contribution in [0.1, 0.15) is 5.56 Å². The SMILES string of the molecule is COc1cnc(NC(=O)C(F)(F)c2cc(F)cc(F)c2)s1. The highest BCUT2D eigenvalue weighted by Gasteiger charge is 2.42. The van der Waals surface area contributed by atoms with Crippen LogP contribution >= 0.6 is 11.3 Å². The molecule has 112 valence electrons. The number of methoxy groups -OCH3 is 1. The molecule has 21 heavy (non-hydrogen) atoms. The lowest BCUT2D eigenvalue weighted by atomic mass is 10.1. The summed E-state index contributed by atoms with van der Waals surface area (Å²) in [5.41, 5.74) is -1.08. The van der Waals surface area contributed by atoms with Crippen LogP contribution in [0.2, 0.25) is 0 Å². The van der Waals surface area contributed by atoms with Crippen LogP contribution in [0, 0.1) is 11.6 Å². The van der Waals surface area contributed by atoms with Gasteiger partial charge in [-0.25, -0.2) is 13.8 Å². The van der Waals surface area contributed by atoms with Gasteiger partial charge in [-0.15, -0.1) is 0 Å². The average Bonchev–Trinajstić information content (AvgIpc) is 2.85. The lowest BCUT2D eigenvalue weighted by Crippen LogP contribution is -2.32. The Bertz CT molecular complexity index is 655. The van der Waals surface area contributed by atoms with Gasteiger partial charge in [0.05, 0.1) is 13.3 Å². The van der Waals surface area contributed by atoms with E-state index in [0.29, 0.717) is 23.3 Å². The van der Waals surface area contributed by atoms with E-state index in [0.717, 1.165) is 11.3 Å². The van der Waals surface area contributed by atoms with E-state index in [2.05, 4.69) is 4.98 Å². The summed E-state index contributed by atoms with van der Waals surface area (Å²) in [5, 5.41) is 2.06. The maximum Gasteiger partial charge on any atom is 0.350 e. The number of amides is 1. The third-order valence-corrected chi connectivity index (χ3v) is 3.29. The number of halogens is 4. The molecule has 0 aliphatic rings. The molecule has 0 radical (unpaired) electrons. The molecule has 0 spiro atoms. The Morgan fingerprint density at radius 2 is 1.90 bits per heavy atom. The van der Waals surface area contributed by atoms with E-state index >= 15 is 0 Å². The third kappa shape index (κ3) is 3.30. The van der Waals surface area contributed by atoms with Crippen molar-refractivity contribution in [2.75, 3.05) is 12.4 Å². The van der Waals surface area contributed by atoms with Gasteiger partial charge in [-0.05, 0) is 12.1 Å². The molecule has 0 saturated carbocycles.